The molecular weight excluding hydrogens is 308 g/mol. The standard InChI is InChI=1S/C19H26O5/c1-13(2)24-18-9-6-8-16(14(3)22-11-15-12-23-15)17(18)7-4-5-10-19(20)21/h4,6-9,13-15H,5,10-12H2,1-3H3,(H,20,21)/b7-4+/t14-,15+/m1/s1. The number of carboxylic acid groups (broad SMARTS) is 1. The number of benzene rings is 1. The van der Waals surface area contributed by atoms with Crippen molar-refractivity contribution in [3.05, 3.63) is 35.4 Å². The van der Waals surface area contributed by atoms with Crippen LogP contribution in [-0.4, -0.2) is 36.5 Å². The van der Waals surface area contributed by atoms with Gasteiger partial charge in [0.05, 0.1) is 25.4 Å². The van der Waals surface area contributed by atoms with E-state index in [9.17, 15) is 4.79 Å². The Morgan fingerprint density at radius 1 is 1.42 bits per heavy atom. The molecule has 1 aliphatic rings. The highest BCUT2D eigenvalue weighted by Crippen LogP contribution is 2.31. The van der Waals surface area contributed by atoms with Gasteiger partial charge in [-0.25, -0.2) is 0 Å². The molecule has 0 aromatic heterocycles. The van der Waals surface area contributed by atoms with Gasteiger partial charge in [0.15, 0.2) is 0 Å². The summed E-state index contributed by atoms with van der Waals surface area (Å²) in [6, 6.07) is 5.90. The molecule has 0 spiro atoms. The molecule has 2 rings (SSSR count). The summed E-state index contributed by atoms with van der Waals surface area (Å²) < 4.78 is 17.0. The summed E-state index contributed by atoms with van der Waals surface area (Å²) in [7, 11) is 0. The molecule has 1 aromatic rings. The van der Waals surface area contributed by atoms with Crippen molar-refractivity contribution in [2.75, 3.05) is 13.2 Å². The predicted octanol–water partition coefficient (Wildman–Crippen LogP) is 3.83. The summed E-state index contributed by atoms with van der Waals surface area (Å²) in [5.41, 5.74) is 1.97. The van der Waals surface area contributed by atoms with Gasteiger partial charge >= 0.3 is 5.97 Å². The first-order valence-electron chi connectivity index (χ1n) is 8.38. The number of hydrogen-bond donors (Lipinski definition) is 1. The van der Waals surface area contributed by atoms with Crippen molar-refractivity contribution in [3.8, 4) is 5.75 Å². The van der Waals surface area contributed by atoms with Gasteiger partial charge in [0.2, 0.25) is 0 Å². The van der Waals surface area contributed by atoms with E-state index in [1.165, 1.54) is 0 Å². The Hall–Kier alpha value is -1.85. The highest BCUT2D eigenvalue weighted by molar-refractivity contribution is 5.67. The van der Waals surface area contributed by atoms with Crippen LogP contribution in [0, 0.1) is 0 Å². The number of ether oxygens (including phenoxy) is 3. The smallest absolute Gasteiger partial charge is 0.303 e. The summed E-state index contributed by atoms with van der Waals surface area (Å²) in [5, 5.41) is 8.76. The number of hydrogen-bond acceptors (Lipinski definition) is 4. The minimum Gasteiger partial charge on any atom is -0.490 e. The lowest BCUT2D eigenvalue weighted by Crippen LogP contribution is -2.10. The average Bonchev–Trinajstić information content (AvgIpc) is 3.33. The fraction of sp³-hybridized carbons (Fsp3) is 0.526. The van der Waals surface area contributed by atoms with Gasteiger partial charge in [0.1, 0.15) is 11.9 Å². The lowest BCUT2D eigenvalue weighted by atomic mass is 10.0. The normalized spacial score (nSPS) is 18.1. The highest BCUT2D eigenvalue weighted by atomic mass is 16.6. The van der Waals surface area contributed by atoms with Crippen LogP contribution in [0.25, 0.3) is 6.08 Å². The third-order valence-corrected chi connectivity index (χ3v) is 3.64. The molecule has 0 saturated carbocycles. The molecule has 1 aromatic carbocycles. The van der Waals surface area contributed by atoms with E-state index in [-0.39, 0.29) is 24.7 Å². The molecular formula is C19H26O5. The molecule has 1 fully saturated rings. The largest absolute Gasteiger partial charge is 0.490 e. The number of carbonyl (C=O) groups is 1. The van der Waals surface area contributed by atoms with Crippen molar-refractivity contribution in [3.63, 3.8) is 0 Å². The second kappa shape index (κ2) is 8.85. The van der Waals surface area contributed by atoms with E-state index in [2.05, 4.69) is 0 Å². The Balaban J connectivity index is 2.17. The first-order valence-corrected chi connectivity index (χ1v) is 8.38. The molecule has 0 amide bonds. The van der Waals surface area contributed by atoms with Crippen LogP contribution in [0.4, 0.5) is 0 Å². The Morgan fingerprint density at radius 2 is 2.17 bits per heavy atom. The molecule has 2 atom stereocenters. The van der Waals surface area contributed by atoms with E-state index >= 15 is 0 Å². The third-order valence-electron chi connectivity index (χ3n) is 3.64. The van der Waals surface area contributed by atoms with Crippen LogP contribution in [0.1, 0.15) is 50.8 Å². The number of carboxylic acids is 1. The SMILES string of the molecule is CC(C)Oc1cccc([C@@H](C)OC[C@H]2CO2)c1/C=C/CCC(=O)O. The van der Waals surface area contributed by atoms with Crippen molar-refractivity contribution in [1.29, 1.82) is 0 Å². The van der Waals surface area contributed by atoms with Gasteiger partial charge < -0.3 is 19.3 Å². The molecule has 0 bridgehead atoms. The van der Waals surface area contributed by atoms with Crippen LogP contribution in [0.5, 0.6) is 5.75 Å². The molecule has 0 unspecified atom stereocenters. The first kappa shape index (κ1) is 18.5. The maximum Gasteiger partial charge on any atom is 0.303 e. The Kier molecular flexibility index (Phi) is 6.82. The molecule has 0 radical (unpaired) electrons. The molecule has 5 nitrogen and oxygen atoms in total. The van der Waals surface area contributed by atoms with Crippen LogP contribution >= 0.6 is 0 Å². The van der Waals surface area contributed by atoms with E-state index in [0.29, 0.717) is 13.0 Å². The quantitative estimate of drug-likeness (QED) is 0.659. The van der Waals surface area contributed by atoms with Gasteiger partial charge in [0.25, 0.3) is 0 Å². The lowest BCUT2D eigenvalue weighted by Gasteiger charge is -2.19. The summed E-state index contributed by atoms with van der Waals surface area (Å²) in [6.07, 6.45) is 4.59. The first-order chi connectivity index (χ1) is 11.5. The molecule has 1 saturated heterocycles. The second-order valence-electron chi connectivity index (χ2n) is 6.19. The van der Waals surface area contributed by atoms with Crippen molar-refractivity contribution in [2.24, 2.45) is 0 Å². The van der Waals surface area contributed by atoms with E-state index < -0.39 is 5.97 Å². The summed E-state index contributed by atoms with van der Waals surface area (Å²) in [4.78, 5) is 10.7. The van der Waals surface area contributed by atoms with E-state index in [0.717, 1.165) is 23.5 Å². The Labute approximate surface area is 143 Å². The van der Waals surface area contributed by atoms with Gasteiger partial charge in [-0.3, -0.25) is 4.79 Å². The van der Waals surface area contributed by atoms with Gasteiger partial charge in [-0.1, -0.05) is 24.3 Å². The molecule has 24 heavy (non-hydrogen) atoms. The molecule has 1 aliphatic heterocycles. The maximum atomic E-state index is 10.7. The minimum atomic E-state index is -0.798. The van der Waals surface area contributed by atoms with Crippen molar-refractivity contribution >= 4 is 12.0 Å². The van der Waals surface area contributed by atoms with Gasteiger partial charge in [-0.2, -0.15) is 0 Å². The van der Waals surface area contributed by atoms with Crippen LogP contribution in [0.15, 0.2) is 24.3 Å². The average molecular weight is 334 g/mol. The van der Waals surface area contributed by atoms with E-state index in [1.807, 2.05) is 51.1 Å². The van der Waals surface area contributed by atoms with Crippen molar-refractivity contribution < 1.29 is 24.1 Å². The van der Waals surface area contributed by atoms with Crippen molar-refractivity contribution in [2.45, 2.75) is 51.9 Å². The zero-order valence-electron chi connectivity index (χ0n) is 14.5. The Morgan fingerprint density at radius 3 is 2.79 bits per heavy atom. The number of allylic oxidation sites excluding steroid dienone is 1. The van der Waals surface area contributed by atoms with Crippen LogP contribution in [0.3, 0.4) is 0 Å². The zero-order chi connectivity index (χ0) is 17.5. The summed E-state index contributed by atoms with van der Waals surface area (Å²) in [5.74, 6) is -0.0140. The summed E-state index contributed by atoms with van der Waals surface area (Å²) in [6.45, 7) is 7.32. The van der Waals surface area contributed by atoms with E-state index in [1.54, 1.807) is 0 Å². The fourth-order valence-electron chi connectivity index (χ4n) is 2.36. The second-order valence-corrected chi connectivity index (χ2v) is 6.19. The fourth-order valence-corrected chi connectivity index (χ4v) is 2.36. The van der Waals surface area contributed by atoms with Crippen LogP contribution in [0.2, 0.25) is 0 Å². The molecule has 5 heteroatoms. The van der Waals surface area contributed by atoms with Gasteiger partial charge in [-0.15, -0.1) is 0 Å². The zero-order valence-corrected chi connectivity index (χ0v) is 14.5. The minimum absolute atomic E-state index is 0.0579. The molecule has 132 valence electrons. The molecule has 0 aliphatic carbocycles. The predicted molar refractivity (Wildman–Crippen MR) is 92.2 cm³/mol. The summed E-state index contributed by atoms with van der Waals surface area (Å²) >= 11 is 0. The Bertz CT molecular complexity index is 575. The number of aliphatic carboxylic acids is 1. The number of rotatable bonds is 10. The maximum absolute atomic E-state index is 10.7. The monoisotopic (exact) mass is 334 g/mol. The topological polar surface area (TPSA) is 68.3 Å². The van der Waals surface area contributed by atoms with Gasteiger partial charge in [-0.05, 0) is 38.8 Å². The van der Waals surface area contributed by atoms with Crippen molar-refractivity contribution in [1.82, 2.24) is 0 Å². The highest BCUT2D eigenvalue weighted by Gasteiger charge is 2.24. The molecule has 1 N–H and O–H groups in total. The number of epoxide rings is 1. The van der Waals surface area contributed by atoms with Crippen LogP contribution in [-0.2, 0) is 14.3 Å². The lowest BCUT2D eigenvalue weighted by molar-refractivity contribution is -0.136. The molecule has 1 heterocycles. The van der Waals surface area contributed by atoms with Gasteiger partial charge in [0, 0.05) is 12.0 Å². The van der Waals surface area contributed by atoms with E-state index in [4.69, 9.17) is 19.3 Å². The van der Waals surface area contributed by atoms with Crippen LogP contribution < -0.4 is 4.74 Å². The third kappa shape index (κ3) is 5.98.